The smallest absolute Gasteiger partial charge is 0.264 e. The fourth-order valence-electron chi connectivity index (χ4n) is 2.92. The van der Waals surface area contributed by atoms with E-state index in [1.165, 1.54) is 18.3 Å². The van der Waals surface area contributed by atoms with Crippen molar-refractivity contribution < 1.29 is 17.9 Å². The fraction of sp³-hybridized carbons (Fsp3) is 0.167. The van der Waals surface area contributed by atoms with Crippen LogP contribution >= 0.6 is 15.9 Å². The molecule has 0 aromatic heterocycles. The van der Waals surface area contributed by atoms with E-state index in [9.17, 15) is 13.2 Å². The summed E-state index contributed by atoms with van der Waals surface area (Å²) < 4.78 is 33.9. The zero-order valence-electron chi connectivity index (χ0n) is 18.2. The van der Waals surface area contributed by atoms with Gasteiger partial charge in [-0.1, -0.05) is 40.2 Å². The topological polar surface area (TPSA) is 88.1 Å². The largest absolute Gasteiger partial charge is 0.491 e. The first kappa shape index (κ1) is 24.5. The number of hydrogen-bond acceptors (Lipinski definition) is 5. The van der Waals surface area contributed by atoms with Gasteiger partial charge in [0.2, 0.25) is 0 Å². The van der Waals surface area contributed by atoms with Crippen LogP contribution in [0.4, 0.5) is 5.69 Å². The van der Waals surface area contributed by atoms with Crippen LogP contribution < -0.4 is 14.5 Å². The Labute approximate surface area is 202 Å². The molecule has 1 amide bonds. The van der Waals surface area contributed by atoms with Crippen LogP contribution in [0.25, 0.3) is 0 Å². The van der Waals surface area contributed by atoms with E-state index in [1.807, 2.05) is 26.0 Å². The van der Waals surface area contributed by atoms with Crippen molar-refractivity contribution in [2.45, 2.75) is 24.8 Å². The lowest BCUT2D eigenvalue weighted by molar-refractivity contribution is -0.119. The standard InChI is InChI=1S/C24H24BrN3O4S/c1-18(2)32-22-13-11-19(12-14-22)16-26-27-24(29)17-28(21-8-6-7-20(25)15-21)33(30,31)23-9-4-3-5-10-23/h3-16,18H,17H2,1-2H3,(H,27,29)/b26-16+. The molecule has 0 bridgehead atoms. The van der Waals surface area contributed by atoms with E-state index in [2.05, 4.69) is 26.5 Å². The van der Waals surface area contributed by atoms with E-state index >= 15 is 0 Å². The maximum atomic E-state index is 13.3. The molecule has 3 aromatic rings. The van der Waals surface area contributed by atoms with Crippen LogP contribution in [0.2, 0.25) is 0 Å². The molecule has 0 spiro atoms. The van der Waals surface area contributed by atoms with Crippen LogP contribution in [0.5, 0.6) is 5.75 Å². The number of hydrogen-bond donors (Lipinski definition) is 1. The minimum absolute atomic E-state index is 0.0733. The first-order valence-corrected chi connectivity index (χ1v) is 12.4. The number of halogens is 1. The van der Waals surface area contributed by atoms with Gasteiger partial charge >= 0.3 is 0 Å². The lowest BCUT2D eigenvalue weighted by Crippen LogP contribution is -2.39. The lowest BCUT2D eigenvalue weighted by atomic mass is 10.2. The van der Waals surface area contributed by atoms with Crippen molar-refractivity contribution in [1.29, 1.82) is 0 Å². The molecule has 172 valence electrons. The van der Waals surface area contributed by atoms with Gasteiger partial charge < -0.3 is 4.74 Å². The van der Waals surface area contributed by atoms with Gasteiger partial charge in [0.25, 0.3) is 15.9 Å². The molecule has 0 fully saturated rings. The highest BCUT2D eigenvalue weighted by Gasteiger charge is 2.27. The molecule has 0 saturated carbocycles. The average Bonchev–Trinajstić information content (AvgIpc) is 2.79. The molecule has 0 unspecified atom stereocenters. The highest BCUT2D eigenvalue weighted by Crippen LogP contribution is 2.26. The van der Waals surface area contributed by atoms with Gasteiger partial charge in [-0.15, -0.1) is 0 Å². The molecule has 3 rings (SSSR count). The number of carbonyl (C=O) groups excluding carboxylic acids is 1. The van der Waals surface area contributed by atoms with Crippen molar-refractivity contribution in [1.82, 2.24) is 5.43 Å². The number of amides is 1. The Morgan fingerprint density at radius 3 is 2.39 bits per heavy atom. The quantitative estimate of drug-likeness (QED) is 0.324. The Hall–Kier alpha value is -3.17. The number of hydrazone groups is 1. The van der Waals surface area contributed by atoms with Gasteiger partial charge in [0.15, 0.2) is 0 Å². The summed E-state index contributed by atoms with van der Waals surface area (Å²) in [7, 11) is -3.97. The van der Waals surface area contributed by atoms with E-state index in [4.69, 9.17) is 4.74 Å². The molecule has 33 heavy (non-hydrogen) atoms. The van der Waals surface area contributed by atoms with Crippen LogP contribution in [0.3, 0.4) is 0 Å². The van der Waals surface area contributed by atoms with Gasteiger partial charge in [0.1, 0.15) is 12.3 Å². The van der Waals surface area contributed by atoms with Crippen molar-refractivity contribution in [3.8, 4) is 5.75 Å². The van der Waals surface area contributed by atoms with Gasteiger partial charge in [0.05, 0.1) is 22.9 Å². The maximum absolute atomic E-state index is 13.3. The molecule has 0 aliphatic carbocycles. The van der Waals surface area contributed by atoms with E-state index in [-0.39, 0.29) is 11.0 Å². The van der Waals surface area contributed by atoms with Crippen molar-refractivity contribution in [3.05, 3.63) is 88.9 Å². The molecule has 0 heterocycles. The van der Waals surface area contributed by atoms with E-state index in [0.29, 0.717) is 10.2 Å². The zero-order valence-corrected chi connectivity index (χ0v) is 20.6. The van der Waals surface area contributed by atoms with Crippen LogP contribution in [0.15, 0.2) is 93.3 Å². The highest BCUT2D eigenvalue weighted by atomic mass is 79.9. The molecule has 0 atom stereocenters. The first-order valence-electron chi connectivity index (χ1n) is 10.2. The summed E-state index contributed by atoms with van der Waals surface area (Å²) >= 11 is 3.35. The molecular weight excluding hydrogens is 506 g/mol. The summed E-state index contributed by atoms with van der Waals surface area (Å²) in [5, 5.41) is 3.96. The van der Waals surface area contributed by atoms with Crippen LogP contribution in [0.1, 0.15) is 19.4 Å². The van der Waals surface area contributed by atoms with Gasteiger partial charge in [-0.2, -0.15) is 5.10 Å². The molecular formula is C24H24BrN3O4S. The van der Waals surface area contributed by atoms with Gasteiger partial charge in [-0.25, -0.2) is 13.8 Å². The highest BCUT2D eigenvalue weighted by molar-refractivity contribution is 9.10. The molecule has 0 aliphatic rings. The zero-order chi connectivity index (χ0) is 23.8. The summed E-state index contributed by atoms with van der Waals surface area (Å²) in [6.45, 7) is 3.45. The second kappa shape index (κ2) is 11.1. The third-order valence-electron chi connectivity index (χ3n) is 4.37. The Morgan fingerprint density at radius 2 is 1.76 bits per heavy atom. The van der Waals surface area contributed by atoms with Crippen molar-refractivity contribution >= 4 is 43.8 Å². The monoisotopic (exact) mass is 529 g/mol. The van der Waals surface area contributed by atoms with Crippen LogP contribution in [0, 0.1) is 0 Å². The molecule has 3 aromatic carbocycles. The number of sulfonamides is 1. The van der Waals surface area contributed by atoms with Crippen LogP contribution in [-0.4, -0.2) is 33.2 Å². The second-order valence-corrected chi connectivity index (χ2v) is 10.1. The number of nitrogens with one attached hydrogen (secondary N) is 1. The number of benzene rings is 3. The van der Waals surface area contributed by atoms with Crippen LogP contribution in [-0.2, 0) is 14.8 Å². The third-order valence-corrected chi connectivity index (χ3v) is 6.65. The number of anilines is 1. The minimum atomic E-state index is -3.97. The van der Waals surface area contributed by atoms with Crippen molar-refractivity contribution in [2.24, 2.45) is 5.10 Å². The van der Waals surface area contributed by atoms with Crippen molar-refractivity contribution in [2.75, 3.05) is 10.8 Å². The summed E-state index contributed by atoms with van der Waals surface area (Å²) in [6.07, 6.45) is 1.55. The minimum Gasteiger partial charge on any atom is -0.491 e. The number of rotatable bonds is 9. The predicted molar refractivity (Wildman–Crippen MR) is 133 cm³/mol. The van der Waals surface area contributed by atoms with Gasteiger partial charge in [-0.05, 0) is 74.0 Å². The Balaban J connectivity index is 1.75. The van der Waals surface area contributed by atoms with E-state index in [0.717, 1.165) is 15.6 Å². The number of nitrogens with zero attached hydrogens (tertiary/aromatic N) is 2. The summed E-state index contributed by atoms with van der Waals surface area (Å²) in [5.74, 6) is 0.160. The lowest BCUT2D eigenvalue weighted by Gasteiger charge is -2.23. The Kier molecular flexibility index (Phi) is 8.24. The number of carbonyl (C=O) groups is 1. The second-order valence-electron chi connectivity index (χ2n) is 7.33. The Morgan fingerprint density at radius 1 is 1.06 bits per heavy atom. The average molecular weight is 530 g/mol. The predicted octanol–water partition coefficient (Wildman–Crippen LogP) is 4.58. The SMILES string of the molecule is CC(C)Oc1ccc(/C=N/NC(=O)CN(c2cccc(Br)c2)S(=O)(=O)c2ccccc2)cc1. The molecule has 1 N–H and O–H groups in total. The molecule has 0 aliphatic heterocycles. The molecule has 0 saturated heterocycles. The van der Waals surface area contributed by atoms with Gasteiger partial charge in [-0.3, -0.25) is 9.10 Å². The fourth-order valence-corrected chi connectivity index (χ4v) is 4.74. The first-order chi connectivity index (χ1) is 15.8. The molecule has 9 heteroatoms. The van der Waals surface area contributed by atoms with Crippen molar-refractivity contribution in [3.63, 3.8) is 0 Å². The summed E-state index contributed by atoms with van der Waals surface area (Å²) in [4.78, 5) is 12.7. The normalized spacial score (nSPS) is 11.5. The van der Waals surface area contributed by atoms with E-state index in [1.54, 1.807) is 54.6 Å². The summed E-state index contributed by atoms with van der Waals surface area (Å²) in [6, 6.07) is 21.9. The van der Waals surface area contributed by atoms with E-state index < -0.39 is 22.5 Å². The maximum Gasteiger partial charge on any atom is 0.264 e. The van der Waals surface area contributed by atoms with Gasteiger partial charge in [0, 0.05) is 4.47 Å². The third kappa shape index (κ3) is 6.90. The molecule has 7 nitrogen and oxygen atoms in total. The number of ether oxygens (including phenoxy) is 1. The summed E-state index contributed by atoms with van der Waals surface area (Å²) in [5.41, 5.74) is 3.51. The Bertz CT molecular complexity index is 1210. The molecule has 0 radical (unpaired) electrons.